The Labute approximate surface area is 129 Å². The van der Waals surface area contributed by atoms with Gasteiger partial charge < -0.3 is 20.3 Å². The van der Waals surface area contributed by atoms with E-state index < -0.39 is 0 Å². The SMILES string of the molecule is CCCNC1COCC1C(=O)NCC(CC(C)C)N(C)C. The van der Waals surface area contributed by atoms with Crippen molar-refractivity contribution >= 4 is 5.91 Å². The van der Waals surface area contributed by atoms with Gasteiger partial charge in [0.1, 0.15) is 0 Å². The summed E-state index contributed by atoms with van der Waals surface area (Å²) in [7, 11) is 4.15. The Kier molecular flexibility index (Phi) is 8.22. The molecule has 0 aromatic carbocycles. The Morgan fingerprint density at radius 2 is 2.05 bits per heavy atom. The fourth-order valence-electron chi connectivity index (χ4n) is 2.71. The van der Waals surface area contributed by atoms with E-state index in [-0.39, 0.29) is 17.9 Å². The molecule has 0 aliphatic carbocycles. The van der Waals surface area contributed by atoms with Crippen LogP contribution in [-0.2, 0) is 9.53 Å². The summed E-state index contributed by atoms with van der Waals surface area (Å²) in [5.41, 5.74) is 0. The first-order valence-corrected chi connectivity index (χ1v) is 8.20. The summed E-state index contributed by atoms with van der Waals surface area (Å²) in [5.74, 6) is 0.693. The summed E-state index contributed by atoms with van der Waals surface area (Å²) in [5, 5.41) is 6.53. The molecular weight excluding hydrogens is 266 g/mol. The molecular formula is C16H33N3O2. The number of rotatable bonds is 9. The minimum absolute atomic E-state index is 0.0570. The van der Waals surface area contributed by atoms with Crippen molar-refractivity contribution in [3.05, 3.63) is 0 Å². The van der Waals surface area contributed by atoms with E-state index in [1.54, 1.807) is 0 Å². The zero-order chi connectivity index (χ0) is 15.8. The molecule has 0 aromatic rings. The third-order valence-corrected chi connectivity index (χ3v) is 4.06. The molecule has 1 aliphatic rings. The maximum absolute atomic E-state index is 12.4. The summed E-state index contributed by atoms with van der Waals surface area (Å²) in [6.07, 6.45) is 2.16. The average Bonchev–Trinajstić information content (AvgIpc) is 2.88. The van der Waals surface area contributed by atoms with Gasteiger partial charge in [0.15, 0.2) is 0 Å². The van der Waals surface area contributed by atoms with Gasteiger partial charge in [-0.2, -0.15) is 0 Å². The number of hydrogen-bond acceptors (Lipinski definition) is 4. The van der Waals surface area contributed by atoms with Crippen LogP contribution in [0.4, 0.5) is 0 Å². The van der Waals surface area contributed by atoms with E-state index in [9.17, 15) is 4.79 Å². The molecule has 1 aliphatic heterocycles. The molecule has 1 saturated heterocycles. The first-order chi connectivity index (χ1) is 9.95. The van der Waals surface area contributed by atoms with E-state index in [1.165, 1.54) is 0 Å². The van der Waals surface area contributed by atoms with Crippen molar-refractivity contribution in [1.82, 2.24) is 15.5 Å². The van der Waals surface area contributed by atoms with Gasteiger partial charge in [-0.3, -0.25) is 4.79 Å². The van der Waals surface area contributed by atoms with Gasteiger partial charge in [0, 0.05) is 18.6 Å². The fraction of sp³-hybridized carbons (Fsp3) is 0.938. The first-order valence-electron chi connectivity index (χ1n) is 8.20. The third kappa shape index (κ3) is 6.32. The van der Waals surface area contributed by atoms with E-state index in [2.05, 4.69) is 50.4 Å². The van der Waals surface area contributed by atoms with Crippen LogP contribution in [0.25, 0.3) is 0 Å². The van der Waals surface area contributed by atoms with E-state index in [0.717, 1.165) is 19.4 Å². The van der Waals surface area contributed by atoms with Gasteiger partial charge >= 0.3 is 0 Å². The molecule has 0 bridgehead atoms. The van der Waals surface area contributed by atoms with Crippen LogP contribution in [0.5, 0.6) is 0 Å². The van der Waals surface area contributed by atoms with Crippen molar-refractivity contribution in [1.29, 1.82) is 0 Å². The number of likely N-dealkylation sites (N-methyl/N-ethyl adjacent to an activating group) is 1. The van der Waals surface area contributed by atoms with Crippen LogP contribution in [0.15, 0.2) is 0 Å². The molecule has 2 N–H and O–H groups in total. The molecule has 0 radical (unpaired) electrons. The second-order valence-corrected chi connectivity index (χ2v) is 6.70. The number of amides is 1. The quantitative estimate of drug-likeness (QED) is 0.669. The summed E-state index contributed by atoms with van der Waals surface area (Å²) >= 11 is 0. The number of ether oxygens (including phenoxy) is 1. The maximum Gasteiger partial charge on any atom is 0.227 e. The lowest BCUT2D eigenvalue weighted by atomic mass is 10.0. The van der Waals surface area contributed by atoms with E-state index >= 15 is 0 Å². The van der Waals surface area contributed by atoms with Crippen LogP contribution in [0.2, 0.25) is 0 Å². The normalized spacial score (nSPS) is 23.8. The molecule has 0 spiro atoms. The molecule has 1 rings (SSSR count). The molecule has 1 amide bonds. The smallest absolute Gasteiger partial charge is 0.227 e. The molecule has 5 nitrogen and oxygen atoms in total. The first kappa shape index (κ1) is 18.4. The van der Waals surface area contributed by atoms with Gasteiger partial charge in [0.2, 0.25) is 5.91 Å². The minimum atomic E-state index is -0.0570. The highest BCUT2D eigenvalue weighted by molar-refractivity contribution is 5.79. The second-order valence-electron chi connectivity index (χ2n) is 6.70. The van der Waals surface area contributed by atoms with Crippen LogP contribution in [-0.4, -0.2) is 63.3 Å². The maximum atomic E-state index is 12.4. The highest BCUT2D eigenvalue weighted by Crippen LogP contribution is 2.14. The molecule has 5 heteroatoms. The molecule has 3 unspecified atom stereocenters. The van der Waals surface area contributed by atoms with Crippen LogP contribution >= 0.6 is 0 Å². The zero-order valence-electron chi connectivity index (χ0n) is 14.3. The molecule has 0 saturated carbocycles. The predicted molar refractivity (Wildman–Crippen MR) is 86.3 cm³/mol. The lowest BCUT2D eigenvalue weighted by molar-refractivity contribution is -0.125. The number of nitrogens with zero attached hydrogens (tertiary/aromatic N) is 1. The highest BCUT2D eigenvalue weighted by Gasteiger charge is 2.33. The monoisotopic (exact) mass is 299 g/mol. The number of carbonyl (C=O) groups excluding carboxylic acids is 1. The summed E-state index contributed by atoms with van der Waals surface area (Å²) in [4.78, 5) is 14.6. The van der Waals surface area contributed by atoms with Crippen LogP contribution in [0.1, 0.15) is 33.6 Å². The molecule has 1 heterocycles. The summed E-state index contributed by atoms with van der Waals surface area (Å²) in [6.45, 7) is 9.38. The molecule has 0 aromatic heterocycles. The highest BCUT2D eigenvalue weighted by atomic mass is 16.5. The summed E-state index contributed by atoms with van der Waals surface area (Å²) in [6, 6.07) is 0.547. The third-order valence-electron chi connectivity index (χ3n) is 4.06. The lowest BCUT2D eigenvalue weighted by Crippen LogP contribution is -2.47. The standard InChI is InChI=1S/C16H33N3O2/c1-6-7-17-15-11-21-10-14(15)16(20)18-9-13(19(4)5)8-12(2)3/h12-15,17H,6-11H2,1-5H3,(H,18,20). The number of carbonyl (C=O) groups is 1. The van der Waals surface area contributed by atoms with Crippen LogP contribution in [0, 0.1) is 11.8 Å². The average molecular weight is 299 g/mol. The molecule has 124 valence electrons. The predicted octanol–water partition coefficient (Wildman–Crippen LogP) is 1.09. The van der Waals surface area contributed by atoms with E-state index in [0.29, 0.717) is 31.7 Å². The van der Waals surface area contributed by atoms with Crippen molar-refractivity contribution < 1.29 is 9.53 Å². The Morgan fingerprint density at radius 1 is 1.33 bits per heavy atom. The molecule has 21 heavy (non-hydrogen) atoms. The van der Waals surface area contributed by atoms with Gasteiger partial charge in [0.05, 0.1) is 19.1 Å². The van der Waals surface area contributed by atoms with Gasteiger partial charge in [0.25, 0.3) is 0 Å². The number of nitrogens with one attached hydrogen (secondary N) is 2. The van der Waals surface area contributed by atoms with Crippen molar-refractivity contribution in [2.24, 2.45) is 11.8 Å². The fourth-order valence-corrected chi connectivity index (χ4v) is 2.71. The van der Waals surface area contributed by atoms with Gasteiger partial charge in [-0.1, -0.05) is 20.8 Å². The Balaban J connectivity index is 2.43. The van der Waals surface area contributed by atoms with Crippen molar-refractivity contribution in [3.8, 4) is 0 Å². The van der Waals surface area contributed by atoms with Gasteiger partial charge in [-0.05, 0) is 39.4 Å². The van der Waals surface area contributed by atoms with Gasteiger partial charge in [-0.25, -0.2) is 0 Å². The Hall–Kier alpha value is -0.650. The van der Waals surface area contributed by atoms with Crippen LogP contribution < -0.4 is 10.6 Å². The van der Waals surface area contributed by atoms with Crippen molar-refractivity contribution in [3.63, 3.8) is 0 Å². The van der Waals surface area contributed by atoms with Crippen LogP contribution in [0.3, 0.4) is 0 Å². The topological polar surface area (TPSA) is 53.6 Å². The van der Waals surface area contributed by atoms with E-state index in [4.69, 9.17) is 4.74 Å². The summed E-state index contributed by atoms with van der Waals surface area (Å²) < 4.78 is 5.47. The van der Waals surface area contributed by atoms with Crippen molar-refractivity contribution in [2.45, 2.75) is 45.7 Å². The Bertz CT molecular complexity index is 308. The zero-order valence-corrected chi connectivity index (χ0v) is 14.3. The van der Waals surface area contributed by atoms with Gasteiger partial charge in [-0.15, -0.1) is 0 Å². The largest absolute Gasteiger partial charge is 0.379 e. The molecule has 1 fully saturated rings. The van der Waals surface area contributed by atoms with Crippen molar-refractivity contribution in [2.75, 3.05) is 40.4 Å². The van der Waals surface area contributed by atoms with E-state index in [1.807, 2.05) is 0 Å². The lowest BCUT2D eigenvalue weighted by Gasteiger charge is -2.27. The Morgan fingerprint density at radius 3 is 2.62 bits per heavy atom. The minimum Gasteiger partial charge on any atom is -0.379 e. The number of hydrogen-bond donors (Lipinski definition) is 2. The second kappa shape index (κ2) is 9.38. The molecule has 3 atom stereocenters.